The SMILES string of the molecule is Cc1ccsc1CN(C)CC(=O)NC1CCCCC1C. The summed E-state index contributed by atoms with van der Waals surface area (Å²) in [5.74, 6) is 0.790. The van der Waals surface area contributed by atoms with E-state index in [4.69, 9.17) is 0 Å². The topological polar surface area (TPSA) is 32.3 Å². The molecule has 1 aliphatic carbocycles. The number of amides is 1. The largest absolute Gasteiger partial charge is 0.352 e. The van der Waals surface area contributed by atoms with E-state index >= 15 is 0 Å². The van der Waals surface area contributed by atoms with Gasteiger partial charge in [0.2, 0.25) is 5.91 Å². The zero-order chi connectivity index (χ0) is 14.5. The van der Waals surface area contributed by atoms with Gasteiger partial charge in [0.05, 0.1) is 6.54 Å². The molecule has 1 amide bonds. The van der Waals surface area contributed by atoms with Gasteiger partial charge in [-0.15, -0.1) is 11.3 Å². The monoisotopic (exact) mass is 294 g/mol. The smallest absolute Gasteiger partial charge is 0.234 e. The first-order chi connectivity index (χ1) is 9.56. The Labute approximate surface area is 126 Å². The highest BCUT2D eigenvalue weighted by Gasteiger charge is 2.23. The lowest BCUT2D eigenvalue weighted by atomic mass is 9.86. The maximum absolute atomic E-state index is 12.1. The fourth-order valence-corrected chi connectivity index (χ4v) is 3.88. The van der Waals surface area contributed by atoms with Crippen LogP contribution >= 0.6 is 11.3 Å². The second-order valence-corrected chi connectivity index (χ2v) is 7.14. The summed E-state index contributed by atoms with van der Waals surface area (Å²) in [5.41, 5.74) is 1.32. The lowest BCUT2D eigenvalue weighted by Crippen LogP contribution is -2.44. The van der Waals surface area contributed by atoms with Crippen molar-refractivity contribution in [2.45, 2.75) is 52.1 Å². The molecule has 1 N–H and O–H groups in total. The number of nitrogens with zero attached hydrogens (tertiary/aromatic N) is 1. The summed E-state index contributed by atoms with van der Waals surface area (Å²) in [6, 6.07) is 2.52. The Kier molecular flexibility index (Phi) is 5.61. The molecule has 2 rings (SSSR count). The van der Waals surface area contributed by atoms with Crippen molar-refractivity contribution < 1.29 is 4.79 Å². The average molecular weight is 294 g/mol. The van der Waals surface area contributed by atoms with Gasteiger partial charge in [-0.2, -0.15) is 0 Å². The van der Waals surface area contributed by atoms with Crippen LogP contribution in [0.5, 0.6) is 0 Å². The van der Waals surface area contributed by atoms with Crippen LogP contribution in [0.3, 0.4) is 0 Å². The Balaban J connectivity index is 1.77. The fraction of sp³-hybridized carbons (Fsp3) is 0.688. The lowest BCUT2D eigenvalue weighted by Gasteiger charge is -2.30. The van der Waals surface area contributed by atoms with Crippen molar-refractivity contribution in [3.8, 4) is 0 Å². The van der Waals surface area contributed by atoms with Crippen molar-refractivity contribution in [1.82, 2.24) is 10.2 Å². The van der Waals surface area contributed by atoms with E-state index in [0.29, 0.717) is 18.5 Å². The molecule has 1 heterocycles. The highest BCUT2D eigenvalue weighted by Crippen LogP contribution is 2.23. The predicted molar refractivity (Wildman–Crippen MR) is 85.0 cm³/mol. The number of carbonyl (C=O) groups is 1. The minimum atomic E-state index is 0.167. The number of hydrogen-bond acceptors (Lipinski definition) is 3. The molecule has 1 aliphatic rings. The first kappa shape index (κ1) is 15.5. The maximum Gasteiger partial charge on any atom is 0.234 e. The summed E-state index contributed by atoms with van der Waals surface area (Å²) in [6.07, 6.45) is 4.94. The summed E-state index contributed by atoms with van der Waals surface area (Å²) >= 11 is 1.77. The zero-order valence-electron chi connectivity index (χ0n) is 12.8. The second-order valence-electron chi connectivity index (χ2n) is 6.13. The van der Waals surface area contributed by atoms with Gasteiger partial charge in [-0.05, 0) is 49.7 Å². The van der Waals surface area contributed by atoms with Gasteiger partial charge in [-0.1, -0.05) is 19.8 Å². The van der Waals surface area contributed by atoms with Gasteiger partial charge in [0.1, 0.15) is 0 Å². The summed E-state index contributed by atoms with van der Waals surface area (Å²) in [4.78, 5) is 15.6. The lowest BCUT2D eigenvalue weighted by molar-refractivity contribution is -0.123. The standard InChI is InChI=1S/C16H26N2OS/c1-12-6-4-5-7-14(12)17-16(19)11-18(3)10-15-13(2)8-9-20-15/h8-9,12,14H,4-7,10-11H2,1-3H3,(H,17,19). The molecule has 3 nitrogen and oxygen atoms in total. The summed E-state index contributed by atoms with van der Waals surface area (Å²) in [7, 11) is 2.02. The van der Waals surface area contributed by atoms with E-state index in [-0.39, 0.29) is 5.91 Å². The Morgan fingerprint density at radius 3 is 2.85 bits per heavy atom. The van der Waals surface area contributed by atoms with Crippen molar-refractivity contribution >= 4 is 17.2 Å². The first-order valence-electron chi connectivity index (χ1n) is 7.57. The molecule has 112 valence electrons. The quantitative estimate of drug-likeness (QED) is 0.904. The number of rotatable bonds is 5. The number of nitrogens with one attached hydrogen (secondary N) is 1. The van der Waals surface area contributed by atoms with E-state index in [2.05, 4.69) is 35.5 Å². The molecule has 0 saturated heterocycles. The van der Waals surface area contributed by atoms with Gasteiger partial charge in [0.25, 0.3) is 0 Å². The summed E-state index contributed by atoms with van der Waals surface area (Å²) in [6.45, 7) is 5.73. The Morgan fingerprint density at radius 2 is 2.20 bits per heavy atom. The van der Waals surface area contributed by atoms with Crippen molar-refractivity contribution in [2.75, 3.05) is 13.6 Å². The van der Waals surface area contributed by atoms with Gasteiger partial charge >= 0.3 is 0 Å². The molecule has 2 unspecified atom stereocenters. The van der Waals surface area contributed by atoms with E-state index < -0.39 is 0 Å². The first-order valence-corrected chi connectivity index (χ1v) is 8.45. The van der Waals surface area contributed by atoms with Crippen LogP contribution < -0.4 is 5.32 Å². The molecule has 1 aromatic heterocycles. The van der Waals surface area contributed by atoms with Gasteiger partial charge in [0.15, 0.2) is 0 Å². The predicted octanol–water partition coefficient (Wildman–Crippen LogP) is 3.18. The fourth-order valence-electron chi connectivity index (χ4n) is 2.90. The number of hydrogen-bond donors (Lipinski definition) is 1. The van der Waals surface area contributed by atoms with Gasteiger partial charge < -0.3 is 5.32 Å². The number of carbonyl (C=O) groups excluding carboxylic acids is 1. The van der Waals surface area contributed by atoms with Crippen LogP contribution in [0.25, 0.3) is 0 Å². The second kappa shape index (κ2) is 7.23. The third kappa shape index (κ3) is 4.32. The molecule has 0 aliphatic heterocycles. The highest BCUT2D eigenvalue weighted by atomic mass is 32.1. The zero-order valence-corrected chi connectivity index (χ0v) is 13.6. The van der Waals surface area contributed by atoms with Crippen LogP contribution in [0.4, 0.5) is 0 Å². The molecule has 0 bridgehead atoms. The van der Waals surface area contributed by atoms with Crippen molar-refractivity contribution in [1.29, 1.82) is 0 Å². The molecule has 0 radical (unpaired) electrons. The molecular formula is C16H26N2OS. The van der Waals surface area contributed by atoms with E-state index in [1.165, 1.54) is 29.7 Å². The minimum Gasteiger partial charge on any atom is -0.352 e. The molecule has 0 spiro atoms. The number of thiophene rings is 1. The van der Waals surface area contributed by atoms with Crippen LogP contribution in [-0.2, 0) is 11.3 Å². The number of likely N-dealkylation sites (N-methyl/N-ethyl adjacent to an activating group) is 1. The van der Waals surface area contributed by atoms with Crippen LogP contribution in [0.1, 0.15) is 43.0 Å². The summed E-state index contributed by atoms with van der Waals surface area (Å²) in [5, 5.41) is 5.33. The Bertz CT molecular complexity index is 443. The number of aryl methyl sites for hydroxylation is 1. The molecule has 1 saturated carbocycles. The molecule has 4 heteroatoms. The van der Waals surface area contributed by atoms with E-state index in [1.54, 1.807) is 11.3 Å². The maximum atomic E-state index is 12.1. The van der Waals surface area contributed by atoms with Crippen molar-refractivity contribution in [3.05, 3.63) is 21.9 Å². The highest BCUT2D eigenvalue weighted by molar-refractivity contribution is 7.10. The van der Waals surface area contributed by atoms with E-state index in [0.717, 1.165) is 13.0 Å². The third-order valence-electron chi connectivity index (χ3n) is 4.25. The van der Waals surface area contributed by atoms with Crippen LogP contribution in [-0.4, -0.2) is 30.4 Å². The van der Waals surface area contributed by atoms with Crippen LogP contribution in [0.15, 0.2) is 11.4 Å². The molecule has 1 aromatic rings. The molecule has 20 heavy (non-hydrogen) atoms. The molecule has 1 fully saturated rings. The third-order valence-corrected chi connectivity index (χ3v) is 5.26. The van der Waals surface area contributed by atoms with E-state index in [1.807, 2.05) is 7.05 Å². The Morgan fingerprint density at radius 1 is 1.45 bits per heavy atom. The molecule has 0 aromatic carbocycles. The molecular weight excluding hydrogens is 268 g/mol. The van der Waals surface area contributed by atoms with Gasteiger partial charge in [-0.3, -0.25) is 9.69 Å². The average Bonchev–Trinajstić information content (AvgIpc) is 2.77. The Hall–Kier alpha value is -0.870. The molecule has 2 atom stereocenters. The summed E-state index contributed by atoms with van der Waals surface area (Å²) < 4.78 is 0. The normalized spacial score (nSPS) is 23.0. The van der Waals surface area contributed by atoms with Crippen LogP contribution in [0, 0.1) is 12.8 Å². The van der Waals surface area contributed by atoms with E-state index in [9.17, 15) is 4.79 Å². The van der Waals surface area contributed by atoms with Gasteiger partial charge in [-0.25, -0.2) is 0 Å². The van der Waals surface area contributed by atoms with Crippen LogP contribution in [0.2, 0.25) is 0 Å². The van der Waals surface area contributed by atoms with Crippen molar-refractivity contribution in [2.24, 2.45) is 5.92 Å². The van der Waals surface area contributed by atoms with Gasteiger partial charge in [0, 0.05) is 17.5 Å². The van der Waals surface area contributed by atoms with Crippen molar-refractivity contribution in [3.63, 3.8) is 0 Å². The minimum absolute atomic E-state index is 0.167.